The van der Waals surface area contributed by atoms with E-state index in [1.54, 1.807) is 12.7 Å². The molecule has 3 fully saturated rings. The predicted octanol–water partition coefficient (Wildman–Crippen LogP) is 12.9. The molecule has 69 heavy (non-hydrogen) atoms. The van der Waals surface area contributed by atoms with Crippen LogP contribution in [-0.2, 0) is 38.0 Å². The van der Waals surface area contributed by atoms with Crippen LogP contribution in [0.25, 0.3) is 0 Å². The van der Waals surface area contributed by atoms with Crippen LogP contribution in [0.1, 0.15) is 203 Å². The Morgan fingerprint density at radius 2 is 1.38 bits per heavy atom. The van der Waals surface area contributed by atoms with Crippen molar-refractivity contribution in [2.24, 2.45) is 46.3 Å². The number of Topliss-reactive ketones (excluding diaryl/α,β-unsaturated/α-hetero) is 1. The first-order chi connectivity index (χ1) is 33.4. The number of carbonyl (C=O) groups is 2. The molecule has 1 amide bonds. The molecule has 5 unspecified atom stereocenters. The van der Waals surface area contributed by atoms with Gasteiger partial charge in [0.2, 0.25) is 0 Å². The van der Waals surface area contributed by atoms with Gasteiger partial charge < -0.3 is 43.6 Å². The normalized spacial score (nSPS) is 26.0. The van der Waals surface area contributed by atoms with Gasteiger partial charge in [0.1, 0.15) is 18.0 Å². The number of unbranched alkanes of at least 4 members (excludes halogenated alkanes) is 7. The average molecular weight is 978 g/mol. The molecule has 11 nitrogen and oxygen atoms in total. The Balaban J connectivity index is 0.000000431. The predicted molar refractivity (Wildman–Crippen MR) is 280 cm³/mol. The lowest BCUT2D eigenvalue weighted by Gasteiger charge is -2.58. The SMILES string of the molecule is CCCOCCOCCOCCCNC(=O)O[C@@H]1CC[C@]2(C)C(=CCC3C4CCC([C@@H](C)CCCC(C)C)[C@]4(C)CCC32)C1.CCOC(CO)COCCCCC(=O)CCCCCCCCCOC. The number of ether oxygens (including phenoxy) is 7. The molecule has 2 N–H and O–H groups in total. The molecular weight excluding hydrogens is 871 g/mol. The Morgan fingerprint density at radius 1 is 0.725 bits per heavy atom. The second-order valence-electron chi connectivity index (χ2n) is 22.2. The van der Waals surface area contributed by atoms with Gasteiger partial charge in [-0.3, -0.25) is 4.79 Å². The first-order valence-electron chi connectivity index (χ1n) is 28.6. The molecule has 0 aliphatic heterocycles. The smallest absolute Gasteiger partial charge is 0.407 e. The number of fused-ring (bicyclic) bond motifs is 5. The first kappa shape index (κ1) is 61.7. The molecule has 11 heteroatoms. The number of rotatable bonds is 38. The summed E-state index contributed by atoms with van der Waals surface area (Å²) in [5.74, 6) is 5.48. The molecule has 0 heterocycles. The Morgan fingerprint density at radius 3 is 2.06 bits per heavy atom. The second-order valence-corrected chi connectivity index (χ2v) is 22.2. The van der Waals surface area contributed by atoms with Gasteiger partial charge in [0.25, 0.3) is 0 Å². The third kappa shape index (κ3) is 23.0. The van der Waals surface area contributed by atoms with Gasteiger partial charge in [0.15, 0.2) is 0 Å². The maximum atomic E-state index is 12.6. The minimum absolute atomic E-state index is 0.00279. The van der Waals surface area contributed by atoms with Crippen molar-refractivity contribution >= 4 is 11.9 Å². The Hall–Kier alpha value is -1.60. The molecule has 4 rings (SSSR count). The van der Waals surface area contributed by atoms with E-state index < -0.39 is 0 Å². The fourth-order valence-corrected chi connectivity index (χ4v) is 12.7. The van der Waals surface area contributed by atoms with Crippen LogP contribution in [0, 0.1) is 46.3 Å². The van der Waals surface area contributed by atoms with Crippen LogP contribution in [0.2, 0.25) is 0 Å². The van der Waals surface area contributed by atoms with E-state index in [9.17, 15) is 9.59 Å². The molecule has 0 aromatic rings. The number of allylic oxidation sites excluding steroid dienone is 1. The Bertz CT molecular complexity index is 1360. The highest BCUT2D eigenvalue weighted by Crippen LogP contribution is 2.67. The van der Waals surface area contributed by atoms with Gasteiger partial charge in [-0.15, -0.1) is 0 Å². The number of nitrogens with one attached hydrogen (secondary N) is 1. The molecule has 4 aliphatic rings. The number of aliphatic hydroxyl groups is 1. The lowest BCUT2D eigenvalue weighted by Crippen LogP contribution is -2.51. The molecular formula is C58H107NO10. The highest BCUT2D eigenvalue weighted by Gasteiger charge is 2.59. The lowest BCUT2D eigenvalue weighted by atomic mass is 9.47. The van der Waals surface area contributed by atoms with E-state index in [0.717, 1.165) is 113 Å². The molecule has 3 saturated carbocycles. The van der Waals surface area contributed by atoms with E-state index >= 15 is 0 Å². The van der Waals surface area contributed by atoms with Crippen LogP contribution >= 0.6 is 0 Å². The van der Waals surface area contributed by atoms with Gasteiger partial charge in [-0.05, 0) is 137 Å². The summed E-state index contributed by atoms with van der Waals surface area (Å²) < 4.78 is 38.2. The first-order valence-corrected chi connectivity index (χ1v) is 28.6. The Kier molecular flexibility index (Phi) is 32.5. The zero-order valence-electron chi connectivity index (χ0n) is 45.8. The Labute approximate surface area is 422 Å². The number of ketones is 1. The summed E-state index contributed by atoms with van der Waals surface area (Å²) in [6.45, 7) is 23.3. The van der Waals surface area contributed by atoms with Crippen molar-refractivity contribution < 1.29 is 47.9 Å². The third-order valence-electron chi connectivity index (χ3n) is 16.6. The summed E-state index contributed by atoms with van der Waals surface area (Å²) in [6, 6.07) is 0. The van der Waals surface area contributed by atoms with Crippen LogP contribution in [0.3, 0.4) is 0 Å². The van der Waals surface area contributed by atoms with Crippen LogP contribution in [-0.4, -0.2) is 116 Å². The standard InChI is InChI=1S/C38H67NO5.C20H40O5/c1-7-21-41-23-25-43-26-24-42-22-9-20-39-36(40)44-31-16-18-37(5)30(27-31)12-13-32-34-15-14-33(29(4)11-8-10-28(2)3)38(34,6)19-17-35(32)37;1-3-25-20(17-21)18-24-16-12-10-14-19(22)13-9-7-5-4-6-8-11-15-23-2/h12,28-29,31-35H,7-11,13-27H2,1-6H3,(H,39,40);20-21H,3-18H2,1-2H3/t29-,31+,32?,33?,34?,35?,37+,38-;/m0./s1. The van der Waals surface area contributed by atoms with Gasteiger partial charge in [-0.1, -0.05) is 105 Å². The maximum absolute atomic E-state index is 12.6. The van der Waals surface area contributed by atoms with E-state index in [2.05, 4.69) is 52.9 Å². The summed E-state index contributed by atoms with van der Waals surface area (Å²) in [5, 5.41) is 12.0. The number of methoxy groups -OCH3 is 1. The third-order valence-corrected chi connectivity index (χ3v) is 16.6. The largest absolute Gasteiger partial charge is 0.446 e. The summed E-state index contributed by atoms with van der Waals surface area (Å²) in [7, 11) is 1.75. The van der Waals surface area contributed by atoms with Crippen molar-refractivity contribution in [3.8, 4) is 0 Å². The zero-order valence-corrected chi connectivity index (χ0v) is 45.8. The number of alkyl carbamates (subject to hydrolysis) is 1. The van der Waals surface area contributed by atoms with Crippen LogP contribution in [0.15, 0.2) is 11.6 Å². The highest BCUT2D eigenvalue weighted by molar-refractivity contribution is 5.78. The molecule has 4 aliphatic carbocycles. The van der Waals surface area contributed by atoms with Crippen LogP contribution in [0.4, 0.5) is 4.79 Å². The van der Waals surface area contributed by atoms with Gasteiger partial charge in [-0.2, -0.15) is 0 Å². The van der Waals surface area contributed by atoms with Crippen LogP contribution < -0.4 is 5.32 Å². The number of hydrogen-bond donors (Lipinski definition) is 2. The van der Waals surface area contributed by atoms with Crippen molar-refractivity contribution in [3.63, 3.8) is 0 Å². The zero-order chi connectivity index (χ0) is 50.2. The number of amides is 1. The van der Waals surface area contributed by atoms with E-state index in [0.29, 0.717) is 77.0 Å². The van der Waals surface area contributed by atoms with Crippen molar-refractivity contribution in [1.82, 2.24) is 5.32 Å². The van der Waals surface area contributed by atoms with Gasteiger partial charge in [-0.25, -0.2) is 4.79 Å². The second kappa shape index (κ2) is 36.3. The van der Waals surface area contributed by atoms with Gasteiger partial charge in [0, 0.05) is 66.0 Å². The highest BCUT2D eigenvalue weighted by atomic mass is 16.6. The molecule has 0 bridgehead atoms. The molecule has 0 spiro atoms. The molecule has 0 radical (unpaired) electrons. The molecule has 404 valence electrons. The van der Waals surface area contributed by atoms with Crippen molar-refractivity contribution in [2.75, 3.05) is 86.3 Å². The van der Waals surface area contributed by atoms with E-state index in [1.807, 2.05) is 6.92 Å². The van der Waals surface area contributed by atoms with Crippen LogP contribution in [0.5, 0.6) is 0 Å². The number of hydrogen-bond acceptors (Lipinski definition) is 10. The fraction of sp³-hybridized carbons (Fsp3) is 0.931. The topological polar surface area (TPSA) is 131 Å². The quantitative estimate of drug-likeness (QED) is 0.0455. The fourth-order valence-electron chi connectivity index (χ4n) is 12.7. The van der Waals surface area contributed by atoms with Crippen molar-refractivity contribution in [1.29, 1.82) is 0 Å². The van der Waals surface area contributed by atoms with E-state index in [-0.39, 0.29) is 30.3 Å². The minimum atomic E-state index is -0.281. The summed E-state index contributed by atoms with van der Waals surface area (Å²) in [6.07, 6.45) is 29.6. The summed E-state index contributed by atoms with van der Waals surface area (Å²) >= 11 is 0. The van der Waals surface area contributed by atoms with Crippen molar-refractivity contribution in [2.45, 2.75) is 215 Å². The molecule has 0 aromatic carbocycles. The summed E-state index contributed by atoms with van der Waals surface area (Å²) in [4.78, 5) is 24.4. The van der Waals surface area contributed by atoms with Crippen molar-refractivity contribution in [3.05, 3.63) is 11.6 Å². The maximum Gasteiger partial charge on any atom is 0.407 e. The number of carbonyl (C=O) groups excluding carboxylic acids is 2. The van der Waals surface area contributed by atoms with Gasteiger partial charge >= 0.3 is 6.09 Å². The van der Waals surface area contributed by atoms with E-state index in [4.69, 9.17) is 38.3 Å². The molecule has 0 aromatic heterocycles. The number of aliphatic hydroxyl groups excluding tert-OH is 1. The average Bonchev–Trinajstić information content (AvgIpc) is 3.69. The molecule has 0 saturated heterocycles. The van der Waals surface area contributed by atoms with Gasteiger partial charge in [0.05, 0.1) is 39.6 Å². The van der Waals surface area contributed by atoms with E-state index in [1.165, 1.54) is 83.5 Å². The lowest BCUT2D eigenvalue weighted by molar-refractivity contribution is -0.119. The molecule has 9 atom stereocenters. The summed E-state index contributed by atoms with van der Waals surface area (Å²) in [5.41, 5.74) is 2.39. The minimum Gasteiger partial charge on any atom is -0.446 e. The monoisotopic (exact) mass is 978 g/mol.